The molecule has 0 aromatic heterocycles. The minimum absolute atomic E-state index is 0.0456. The van der Waals surface area contributed by atoms with Crippen LogP contribution in [0.4, 0.5) is 0 Å². The van der Waals surface area contributed by atoms with Gasteiger partial charge >= 0.3 is 0 Å². The van der Waals surface area contributed by atoms with Crippen LogP contribution in [0.5, 0.6) is 0 Å². The standard InChI is InChI=1S/C22H40O2Si/c1-14-10-15-11-17-12-16(19(15)20(17)23-21(2,3)4)13-18(14)24-25(8,9)22(5,6)7/h11,14,16-20H,10,12-13H2,1-9H3/t14-,16?,17-,18-,19+,20+/m0/s1. The summed E-state index contributed by atoms with van der Waals surface area (Å²) < 4.78 is 13.4. The first-order chi connectivity index (χ1) is 11.3. The monoisotopic (exact) mass is 364 g/mol. The van der Waals surface area contributed by atoms with Gasteiger partial charge in [-0.25, -0.2) is 0 Å². The summed E-state index contributed by atoms with van der Waals surface area (Å²) in [6, 6.07) is 0. The molecule has 0 heterocycles. The summed E-state index contributed by atoms with van der Waals surface area (Å²) in [7, 11) is -1.71. The molecule has 0 aromatic carbocycles. The summed E-state index contributed by atoms with van der Waals surface area (Å²) in [5.74, 6) is 2.68. The van der Waals surface area contributed by atoms with Gasteiger partial charge in [-0.05, 0) is 70.0 Å². The zero-order chi connectivity index (χ0) is 18.8. The molecule has 0 aromatic rings. The molecule has 0 saturated heterocycles. The number of ether oxygens (including phenoxy) is 1. The van der Waals surface area contributed by atoms with Crippen LogP contribution in [0.25, 0.3) is 0 Å². The largest absolute Gasteiger partial charge is 0.414 e. The predicted molar refractivity (Wildman–Crippen MR) is 108 cm³/mol. The number of rotatable bonds is 3. The van der Waals surface area contributed by atoms with E-state index >= 15 is 0 Å². The molecule has 1 unspecified atom stereocenters. The highest BCUT2D eigenvalue weighted by Crippen LogP contribution is 2.56. The van der Waals surface area contributed by atoms with Crippen LogP contribution in [0.3, 0.4) is 0 Å². The fourth-order valence-electron chi connectivity index (χ4n) is 5.00. The summed E-state index contributed by atoms with van der Waals surface area (Å²) in [6.45, 7) is 20.9. The highest BCUT2D eigenvalue weighted by Gasteiger charge is 2.53. The fourth-order valence-corrected chi connectivity index (χ4v) is 6.44. The third-order valence-electron chi connectivity index (χ3n) is 7.18. The van der Waals surface area contributed by atoms with Crippen LogP contribution in [-0.4, -0.2) is 26.1 Å². The summed E-state index contributed by atoms with van der Waals surface area (Å²) in [4.78, 5) is 0. The van der Waals surface area contributed by atoms with E-state index in [4.69, 9.17) is 9.16 Å². The summed E-state index contributed by atoms with van der Waals surface area (Å²) >= 11 is 0. The van der Waals surface area contributed by atoms with E-state index in [-0.39, 0.29) is 10.6 Å². The van der Waals surface area contributed by atoms with Gasteiger partial charge in [-0.1, -0.05) is 39.3 Å². The van der Waals surface area contributed by atoms with Crippen LogP contribution >= 0.6 is 0 Å². The number of fused-ring (bicyclic) bond motifs is 1. The molecule has 2 nitrogen and oxygen atoms in total. The zero-order valence-electron chi connectivity index (χ0n) is 18.0. The predicted octanol–water partition coefficient (Wildman–Crippen LogP) is 6.18. The summed E-state index contributed by atoms with van der Waals surface area (Å²) in [5.41, 5.74) is 1.64. The van der Waals surface area contributed by atoms with Gasteiger partial charge in [0.05, 0.1) is 11.7 Å². The van der Waals surface area contributed by atoms with Crippen molar-refractivity contribution in [3.63, 3.8) is 0 Å². The second kappa shape index (κ2) is 6.20. The molecule has 2 fully saturated rings. The minimum Gasteiger partial charge on any atom is -0.414 e. The van der Waals surface area contributed by atoms with Gasteiger partial charge in [-0.3, -0.25) is 0 Å². The Balaban J connectivity index is 1.77. The lowest BCUT2D eigenvalue weighted by Gasteiger charge is -2.41. The Labute approximate surface area is 156 Å². The molecule has 25 heavy (non-hydrogen) atoms. The van der Waals surface area contributed by atoms with E-state index in [1.807, 2.05) is 0 Å². The van der Waals surface area contributed by atoms with Gasteiger partial charge in [0.15, 0.2) is 8.32 Å². The van der Waals surface area contributed by atoms with Crippen molar-refractivity contribution in [3.05, 3.63) is 11.6 Å². The van der Waals surface area contributed by atoms with Crippen LogP contribution in [-0.2, 0) is 9.16 Å². The molecule has 0 spiro atoms. The van der Waals surface area contributed by atoms with E-state index < -0.39 is 8.32 Å². The maximum absolute atomic E-state index is 6.92. The van der Waals surface area contributed by atoms with Gasteiger partial charge in [-0.15, -0.1) is 0 Å². The van der Waals surface area contributed by atoms with Crippen LogP contribution in [0, 0.1) is 23.7 Å². The molecule has 0 aliphatic heterocycles. The lowest BCUT2D eigenvalue weighted by Crippen LogP contribution is -2.45. The zero-order valence-corrected chi connectivity index (χ0v) is 19.0. The quantitative estimate of drug-likeness (QED) is 0.439. The van der Waals surface area contributed by atoms with Crippen LogP contribution in [0.15, 0.2) is 11.6 Å². The molecule has 0 N–H and O–H groups in total. The fraction of sp³-hybridized carbons (Fsp3) is 0.909. The Kier molecular flexibility index (Phi) is 4.87. The molecule has 3 heteroatoms. The second-order valence-corrected chi connectivity index (χ2v) is 16.2. The Morgan fingerprint density at radius 1 is 1.04 bits per heavy atom. The van der Waals surface area contributed by atoms with Crippen molar-refractivity contribution in [3.8, 4) is 0 Å². The van der Waals surface area contributed by atoms with E-state index in [9.17, 15) is 0 Å². The highest BCUT2D eigenvalue weighted by molar-refractivity contribution is 6.74. The van der Waals surface area contributed by atoms with Gasteiger partial charge in [-0.2, -0.15) is 0 Å². The van der Waals surface area contributed by atoms with Gasteiger partial charge < -0.3 is 9.16 Å². The van der Waals surface area contributed by atoms with Gasteiger partial charge in [0.1, 0.15) is 0 Å². The SMILES string of the molecule is C[C@H]1CC2=C[C@H]3CC(C[C@@H]1O[Si](C)(C)C(C)(C)C)[C@@H]2[C@@H]3OC(C)(C)C. The van der Waals surface area contributed by atoms with Crippen LogP contribution in [0.2, 0.25) is 18.1 Å². The molecule has 0 radical (unpaired) electrons. The van der Waals surface area contributed by atoms with Crippen molar-refractivity contribution < 1.29 is 9.16 Å². The van der Waals surface area contributed by atoms with Crippen LogP contribution < -0.4 is 0 Å². The van der Waals surface area contributed by atoms with Crippen molar-refractivity contribution in [2.75, 3.05) is 0 Å². The molecule has 3 aliphatic rings. The van der Waals surface area contributed by atoms with Gasteiger partial charge in [0.25, 0.3) is 0 Å². The summed E-state index contributed by atoms with van der Waals surface area (Å²) in [5, 5.41) is 0.285. The van der Waals surface area contributed by atoms with E-state index in [1.165, 1.54) is 19.3 Å². The number of hydrogen-bond acceptors (Lipinski definition) is 2. The third kappa shape index (κ3) is 3.79. The van der Waals surface area contributed by atoms with E-state index in [1.54, 1.807) is 5.57 Å². The number of hydrogen-bond donors (Lipinski definition) is 0. The third-order valence-corrected chi connectivity index (χ3v) is 11.7. The molecule has 3 rings (SSSR count). The maximum Gasteiger partial charge on any atom is 0.192 e. The molecule has 144 valence electrons. The smallest absolute Gasteiger partial charge is 0.192 e. The highest BCUT2D eigenvalue weighted by atomic mass is 28.4. The van der Waals surface area contributed by atoms with Crippen molar-refractivity contribution in [2.45, 2.75) is 104 Å². The Morgan fingerprint density at radius 2 is 1.68 bits per heavy atom. The van der Waals surface area contributed by atoms with E-state index in [0.29, 0.717) is 30.0 Å². The molecule has 2 bridgehead atoms. The van der Waals surface area contributed by atoms with Crippen molar-refractivity contribution in [2.24, 2.45) is 23.7 Å². The van der Waals surface area contributed by atoms with E-state index in [0.717, 1.165) is 5.92 Å². The average Bonchev–Trinajstić information content (AvgIpc) is 2.85. The molecular formula is C22H40O2Si. The molecule has 6 atom stereocenters. The van der Waals surface area contributed by atoms with Crippen molar-refractivity contribution >= 4 is 8.32 Å². The van der Waals surface area contributed by atoms with Crippen LogP contribution in [0.1, 0.15) is 67.7 Å². The maximum atomic E-state index is 6.92. The van der Waals surface area contributed by atoms with Gasteiger partial charge in [0.2, 0.25) is 0 Å². The van der Waals surface area contributed by atoms with E-state index in [2.05, 4.69) is 67.6 Å². The molecule has 0 amide bonds. The molecular weight excluding hydrogens is 324 g/mol. The lowest BCUT2D eigenvalue weighted by atomic mass is 9.85. The Morgan fingerprint density at radius 3 is 2.24 bits per heavy atom. The first-order valence-corrected chi connectivity index (χ1v) is 13.3. The Bertz CT molecular complexity index is 537. The molecule has 3 aliphatic carbocycles. The Hall–Kier alpha value is -0.123. The topological polar surface area (TPSA) is 18.5 Å². The molecule has 2 saturated carbocycles. The minimum atomic E-state index is -1.71. The van der Waals surface area contributed by atoms with Gasteiger partial charge in [0, 0.05) is 17.9 Å². The van der Waals surface area contributed by atoms with Crippen molar-refractivity contribution in [1.29, 1.82) is 0 Å². The second-order valence-electron chi connectivity index (χ2n) is 11.5. The first kappa shape index (κ1) is 19.6. The first-order valence-electron chi connectivity index (χ1n) is 10.3. The lowest BCUT2D eigenvalue weighted by molar-refractivity contribution is -0.0790. The average molecular weight is 365 g/mol. The normalized spacial score (nSPS) is 38.7. The summed E-state index contributed by atoms with van der Waals surface area (Å²) in [6.07, 6.45) is 7.16. The van der Waals surface area contributed by atoms with Crippen molar-refractivity contribution in [1.82, 2.24) is 0 Å².